The summed E-state index contributed by atoms with van der Waals surface area (Å²) < 4.78 is 18.6. The molecule has 2 nitrogen and oxygen atoms in total. The fourth-order valence-corrected chi connectivity index (χ4v) is 1.53. The van der Waals surface area contributed by atoms with Crippen LogP contribution in [0.1, 0.15) is 18.4 Å². The number of halogens is 2. The van der Waals surface area contributed by atoms with Gasteiger partial charge in [-0.3, -0.25) is 4.79 Å². The van der Waals surface area contributed by atoms with Crippen LogP contribution in [0.3, 0.4) is 0 Å². The number of methoxy groups -OCH3 is 1. The maximum Gasteiger partial charge on any atom is 0.312 e. The SMILES string of the molecule is COC(=O)C(C)c1cc(Br)ccc1F. The zero-order valence-electron chi connectivity index (χ0n) is 7.88. The van der Waals surface area contributed by atoms with Crippen molar-refractivity contribution in [2.45, 2.75) is 12.8 Å². The van der Waals surface area contributed by atoms with E-state index >= 15 is 0 Å². The van der Waals surface area contributed by atoms with Gasteiger partial charge >= 0.3 is 5.97 Å². The molecule has 4 heteroatoms. The molecule has 0 saturated heterocycles. The topological polar surface area (TPSA) is 26.3 Å². The molecule has 0 aliphatic heterocycles. The largest absolute Gasteiger partial charge is 0.469 e. The van der Waals surface area contributed by atoms with Gasteiger partial charge in [0.1, 0.15) is 5.82 Å². The van der Waals surface area contributed by atoms with E-state index < -0.39 is 17.7 Å². The Morgan fingerprint density at radius 3 is 2.79 bits per heavy atom. The van der Waals surface area contributed by atoms with Crippen LogP contribution < -0.4 is 0 Å². The Hall–Kier alpha value is -0.900. The van der Waals surface area contributed by atoms with E-state index in [9.17, 15) is 9.18 Å². The third-order valence-electron chi connectivity index (χ3n) is 1.98. The minimum absolute atomic E-state index is 0.339. The molecular weight excluding hydrogens is 251 g/mol. The van der Waals surface area contributed by atoms with Gasteiger partial charge < -0.3 is 4.74 Å². The number of carbonyl (C=O) groups excluding carboxylic acids is 1. The van der Waals surface area contributed by atoms with Gasteiger partial charge in [0, 0.05) is 10.0 Å². The van der Waals surface area contributed by atoms with Crippen molar-refractivity contribution in [2.24, 2.45) is 0 Å². The number of carbonyl (C=O) groups is 1. The molecule has 0 aliphatic carbocycles. The molecule has 0 radical (unpaired) electrons. The average molecular weight is 261 g/mol. The molecule has 0 aliphatic rings. The number of hydrogen-bond donors (Lipinski definition) is 0. The van der Waals surface area contributed by atoms with Crippen LogP contribution in [0.2, 0.25) is 0 Å². The molecule has 0 fully saturated rings. The molecule has 0 heterocycles. The smallest absolute Gasteiger partial charge is 0.312 e. The van der Waals surface area contributed by atoms with Crippen LogP contribution in [0.25, 0.3) is 0 Å². The van der Waals surface area contributed by atoms with Crippen molar-refractivity contribution in [2.75, 3.05) is 7.11 Å². The highest BCUT2D eigenvalue weighted by Gasteiger charge is 2.19. The maximum absolute atomic E-state index is 13.3. The van der Waals surface area contributed by atoms with Gasteiger partial charge in [-0.05, 0) is 25.1 Å². The summed E-state index contributed by atoms with van der Waals surface area (Å²) in [7, 11) is 1.29. The first-order chi connectivity index (χ1) is 6.56. The van der Waals surface area contributed by atoms with Crippen LogP contribution in [0.15, 0.2) is 22.7 Å². The third kappa shape index (κ3) is 2.32. The van der Waals surface area contributed by atoms with Gasteiger partial charge in [0.05, 0.1) is 13.0 Å². The van der Waals surface area contributed by atoms with Crippen LogP contribution in [0, 0.1) is 5.82 Å². The lowest BCUT2D eigenvalue weighted by atomic mass is 10.0. The van der Waals surface area contributed by atoms with Gasteiger partial charge in [-0.25, -0.2) is 4.39 Å². The Kier molecular flexibility index (Phi) is 3.63. The Labute approximate surface area is 90.2 Å². The summed E-state index contributed by atoms with van der Waals surface area (Å²) in [5, 5.41) is 0. The molecule has 0 amide bonds. The third-order valence-corrected chi connectivity index (χ3v) is 2.47. The Morgan fingerprint density at radius 2 is 2.21 bits per heavy atom. The molecule has 0 aromatic heterocycles. The molecule has 1 rings (SSSR count). The van der Waals surface area contributed by atoms with Gasteiger partial charge in [0.2, 0.25) is 0 Å². The van der Waals surface area contributed by atoms with E-state index in [0.717, 1.165) is 4.47 Å². The van der Waals surface area contributed by atoms with Crippen molar-refractivity contribution in [1.29, 1.82) is 0 Å². The highest BCUT2D eigenvalue weighted by atomic mass is 79.9. The molecule has 0 spiro atoms. The van der Waals surface area contributed by atoms with Gasteiger partial charge in [-0.1, -0.05) is 15.9 Å². The van der Waals surface area contributed by atoms with E-state index in [0.29, 0.717) is 5.56 Å². The second kappa shape index (κ2) is 4.55. The molecule has 0 bridgehead atoms. The summed E-state index contributed by atoms with van der Waals surface area (Å²) in [6.07, 6.45) is 0. The lowest BCUT2D eigenvalue weighted by Crippen LogP contribution is -2.12. The van der Waals surface area contributed by atoms with E-state index in [2.05, 4.69) is 20.7 Å². The van der Waals surface area contributed by atoms with Gasteiger partial charge in [-0.2, -0.15) is 0 Å². The highest BCUT2D eigenvalue weighted by Crippen LogP contribution is 2.23. The molecule has 1 aromatic rings. The second-order valence-corrected chi connectivity index (χ2v) is 3.83. The van der Waals surface area contributed by atoms with Crippen LogP contribution >= 0.6 is 15.9 Å². The monoisotopic (exact) mass is 260 g/mol. The van der Waals surface area contributed by atoms with Gasteiger partial charge in [0.25, 0.3) is 0 Å². The Balaban J connectivity index is 3.05. The van der Waals surface area contributed by atoms with E-state index in [1.165, 1.54) is 13.2 Å². The predicted molar refractivity (Wildman–Crippen MR) is 54.5 cm³/mol. The summed E-state index contributed by atoms with van der Waals surface area (Å²) >= 11 is 3.22. The minimum atomic E-state index is -0.586. The Morgan fingerprint density at radius 1 is 1.57 bits per heavy atom. The molecule has 14 heavy (non-hydrogen) atoms. The first kappa shape index (κ1) is 11.2. The van der Waals surface area contributed by atoms with E-state index in [-0.39, 0.29) is 0 Å². The number of hydrogen-bond acceptors (Lipinski definition) is 2. The standard InChI is InChI=1S/C10H10BrFO2/c1-6(10(13)14-2)8-5-7(11)3-4-9(8)12/h3-6H,1-2H3. The summed E-state index contributed by atoms with van der Waals surface area (Å²) in [4.78, 5) is 11.2. The van der Waals surface area contributed by atoms with Crippen molar-refractivity contribution in [1.82, 2.24) is 0 Å². The zero-order chi connectivity index (χ0) is 10.7. The molecule has 0 saturated carbocycles. The van der Waals surface area contributed by atoms with Gasteiger partial charge in [-0.15, -0.1) is 0 Å². The van der Waals surface area contributed by atoms with Crippen molar-refractivity contribution >= 4 is 21.9 Å². The maximum atomic E-state index is 13.3. The van der Waals surface area contributed by atoms with Gasteiger partial charge in [0.15, 0.2) is 0 Å². The lowest BCUT2D eigenvalue weighted by Gasteiger charge is -2.10. The van der Waals surface area contributed by atoms with Crippen molar-refractivity contribution in [3.63, 3.8) is 0 Å². The normalized spacial score (nSPS) is 12.3. The Bertz CT molecular complexity index is 352. The van der Waals surface area contributed by atoms with Crippen molar-refractivity contribution in [3.05, 3.63) is 34.1 Å². The number of benzene rings is 1. The highest BCUT2D eigenvalue weighted by molar-refractivity contribution is 9.10. The molecule has 76 valence electrons. The summed E-state index contributed by atoms with van der Waals surface area (Å²) in [5.74, 6) is -1.43. The molecule has 1 aromatic carbocycles. The van der Waals surface area contributed by atoms with E-state index in [1.54, 1.807) is 19.1 Å². The van der Waals surface area contributed by atoms with Crippen molar-refractivity contribution < 1.29 is 13.9 Å². The number of rotatable bonds is 2. The molecule has 1 unspecified atom stereocenters. The van der Waals surface area contributed by atoms with E-state index in [4.69, 9.17) is 0 Å². The molecular formula is C10H10BrFO2. The van der Waals surface area contributed by atoms with Crippen LogP contribution in [-0.4, -0.2) is 13.1 Å². The number of esters is 1. The summed E-state index contributed by atoms with van der Waals surface area (Å²) in [5.41, 5.74) is 0.339. The summed E-state index contributed by atoms with van der Waals surface area (Å²) in [6.45, 7) is 1.61. The van der Waals surface area contributed by atoms with Crippen LogP contribution in [0.5, 0.6) is 0 Å². The fraction of sp³-hybridized carbons (Fsp3) is 0.300. The van der Waals surface area contributed by atoms with Crippen molar-refractivity contribution in [3.8, 4) is 0 Å². The summed E-state index contributed by atoms with van der Waals surface area (Å²) in [6, 6.07) is 4.48. The van der Waals surface area contributed by atoms with E-state index in [1.807, 2.05) is 0 Å². The molecule has 0 N–H and O–H groups in total. The zero-order valence-corrected chi connectivity index (χ0v) is 9.47. The first-order valence-electron chi connectivity index (χ1n) is 4.09. The van der Waals surface area contributed by atoms with Crippen LogP contribution in [-0.2, 0) is 9.53 Å². The second-order valence-electron chi connectivity index (χ2n) is 2.91. The molecule has 1 atom stereocenters. The lowest BCUT2D eigenvalue weighted by molar-refractivity contribution is -0.142. The minimum Gasteiger partial charge on any atom is -0.469 e. The average Bonchev–Trinajstić information content (AvgIpc) is 2.19. The fourth-order valence-electron chi connectivity index (χ4n) is 1.15. The quantitative estimate of drug-likeness (QED) is 0.765. The van der Waals surface area contributed by atoms with Crippen LogP contribution in [0.4, 0.5) is 4.39 Å². The number of ether oxygens (including phenoxy) is 1. The first-order valence-corrected chi connectivity index (χ1v) is 4.88. The predicted octanol–water partition coefficient (Wildman–Crippen LogP) is 2.86.